The summed E-state index contributed by atoms with van der Waals surface area (Å²) in [4.78, 5) is 4.34. The summed E-state index contributed by atoms with van der Waals surface area (Å²) < 4.78 is 0. The average Bonchev–Trinajstić information content (AvgIpc) is 2.17. The summed E-state index contributed by atoms with van der Waals surface area (Å²) in [5, 5.41) is 0. The van der Waals surface area contributed by atoms with Gasteiger partial charge in [-0.2, -0.15) is 0 Å². The Morgan fingerprint density at radius 1 is 1.31 bits per heavy atom. The number of aliphatic imine (C=N–C) groups is 1. The van der Waals surface area contributed by atoms with Gasteiger partial charge in [-0.15, -0.1) is 0 Å². The van der Waals surface area contributed by atoms with Crippen LogP contribution in [0.4, 0.5) is 5.69 Å². The molecule has 0 fully saturated rings. The van der Waals surface area contributed by atoms with E-state index in [4.69, 9.17) is 6.92 Å². The van der Waals surface area contributed by atoms with Gasteiger partial charge in [0.2, 0.25) is 0 Å². The van der Waals surface area contributed by atoms with E-state index in [0.717, 1.165) is 5.69 Å². The van der Waals surface area contributed by atoms with Gasteiger partial charge < -0.3 is 0 Å². The van der Waals surface area contributed by atoms with Crippen LogP contribution in [-0.4, -0.2) is 6.21 Å². The van der Waals surface area contributed by atoms with E-state index in [2.05, 4.69) is 18.8 Å². The third-order valence-electron chi connectivity index (χ3n) is 1.85. The minimum atomic E-state index is -0.0180. The molecule has 13 heavy (non-hydrogen) atoms. The fourth-order valence-corrected chi connectivity index (χ4v) is 0.816. The molecule has 2 radical (unpaired) electrons. The molecule has 0 unspecified atom stereocenters. The first-order chi connectivity index (χ1) is 6.14. The lowest BCUT2D eigenvalue weighted by Gasteiger charge is -2.14. The molecule has 1 nitrogen and oxygen atoms in total. The summed E-state index contributed by atoms with van der Waals surface area (Å²) in [6.45, 7) is 9.72. The van der Waals surface area contributed by atoms with Gasteiger partial charge in [-0.3, -0.25) is 4.99 Å². The Bertz CT molecular complexity index is 272. The monoisotopic (exact) mass is 173 g/mol. The summed E-state index contributed by atoms with van der Waals surface area (Å²) in [5.74, 6) is 0. The van der Waals surface area contributed by atoms with Crippen LogP contribution in [0.15, 0.2) is 35.3 Å². The van der Waals surface area contributed by atoms with Gasteiger partial charge >= 0.3 is 0 Å². The van der Waals surface area contributed by atoms with Crippen LogP contribution in [0, 0.1) is 12.3 Å². The van der Waals surface area contributed by atoms with E-state index in [1.54, 1.807) is 0 Å². The molecule has 0 heterocycles. The number of hydrogen-bond acceptors (Lipinski definition) is 1. The predicted molar refractivity (Wildman–Crippen MR) is 57.3 cm³/mol. The Morgan fingerprint density at radius 2 is 1.92 bits per heavy atom. The highest BCUT2D eigenvalue weighted by atomic mass is 14.7. The zero-order chi connectivity index (χ0) is 9.73. The smallest absolute Gasteiger partial charge is 0.0625 e. The summed E-state index contributed by atoms with van der Waals surface area (Å²) in [5.41, 5.74) is 0.958. The second-order valence-electron chi connectivity index (χ2n) is 3.79. The molecular weight excluding hydrogens is 158 g/mol. The molecule has 0 amide bonds. The zero-order valence-corrected chi connectivity index (χ0v) is 8.20. The normalized spacial score (nSPS) is 12.2. The quantitative estimate of drug-likeness (QED) is 0.620. The number of benzene rings is 1. The molecule has 0 saturated heterocycles. The van der Waals surface area contributed by atoms with Crippen LogP contribution >= 0.6 is 0 Å². The van der Waals surface area contributed by atoms with Crippen LogP contribution in [0.2, 0.25) is 0 Å². The third kappa shape index (κ3) is 3.41. The molecule has 68 valence electrons. The summed E-state index contributed by atoms with van der Waals surface area (Å²) >= 11 is 0. The van der Waals surface area contributed by atoms with E-state index in [1.807, 2.05) is 36.5 Å². The summed E-state index contributed by atoms with van der Waals surface area (Å²) in [6, 6.07) is 9.88. The van der Waals surface area contributed by atoms with Gasteiger partial charge in [-0.25, -0.2) is 0 Å². The highest BCUT2D eigenvalue weighted by Gasteiger charge is 2.10. The van der Waals surface area contributed by atoms with Gasteiger partial charge in [0.1, 0.15) is 0 Å². The van der Waals surface area contributed by atoms with Gasteiger partial charge in [-0.05, 0) is 25.5 Å². The lowest BCUT2D eigenvalue weighted by Crippen LogP contribution is -2.10. The predicted octanol–water partition coefficient (Wildman–Crippen LogP) is 3.52. The maximum absolute atomic E-state index is 5.58. The molecule has 1 rings (SSSR count). The molecule has 0 N–H and O–H groups in total. The van der Waals surface area contributed by atoms with E-state index in [1.165, 1.54) is 0 Å². The lowest BCUT2D eigenvalue weighted by molar-refractivity contribution is 0.544. The van der Waals surface area contributed by atoms with Crippen molar-refractivity contribution in [1.82, 2.24) is 0 Å². The van der Waals surface area contributed by atoms with Gasteiger partial charge in [0.25, 0.3) is 0 Å². The van der Waals surface area contributed by atoms with Crippen molar-refractivity contribution in [3.05, 3.63) is 37.3 Å². The topological polar surface area (TPSA) is 12.4 Å². The number of rotatable bonds is 3. The third-order valence-corrected chi connectivity index (χ3v) is 1.85. The summed E-state index contributed by atoms with van der Waals surface area (Å²) in [6.07, 6.45) is 2.52. The second kappa shape index (κ2) is 4.22. The van der Waals surface area contributed by atoms with Crippen molar-refractivity contribution >= 4 is 11.9 Å². The molecule has 1 aromatic rings. The van der Waals surface area contributed by atoms with Crippen molar-refractivity contribution < 1.29 is 0 Å². The average molecular weight is 173 g/mol. The molecule has 0 saturated carbocycles. The van der Waals surface area contributed by atoms with E-state index in [-0.39, 0.29) is 5.41 Å². The Hall–Kier alpha value is -1.11. The van der Waals surface area contributed by atoms with Crippen molar-refractivity contribution in [1.29, 1.82) is 0 Å². The lowest BCUT2D eigenvalue weighted by atomic mass is 9.92. The van der Waals surface area contributed by atoms with Gasteiger partial charge in [0.15, 0.2) is 0 Å². The van der Waals surface area contributed by atoms with E-state index in [0.29, 0.717) is 6.42 Å². The molecular formula is C12H15N. The first-order valence-corrected chi connectivity index (χ1v) is 4.44. The van der Waals surface area contributed by atoms with E-state index < -0.39 is 0 Å². The molecule has 0 atom stereocenters. The highest BCUT2D eigenvalue weighted by Crippen LogP contribution is 2.18. The maximum atomic E-state index is 5.58. The van der Waals surface area contributed by atoms with Crippen LogP contribution in [0.3, 0.4) is 0 Å². The Kier molecular flexibility index (Phi) is 3.24. The van der Waals surface area contributed by atoms with Crippen molar-refractivity contribution in [2.45, 2.75) is 20.3 Å². The van der Waals surface area contributed by atoms with Crippen LogP contribution in [0.25, 0.3) is 0 Å². The minimum absolute atomic E-state index is 0.0180. The van der Waals surface area contributed by atoms with Crippen molar-refractivity contribution in [2.24, 2.45) is 10.4 Å². The Labute approximate surface area is 80.5 Å². The van der Waals surface area contributed by atoms with Crippen LogP contribution in [0.5, 0.6) is 0 Å². The molecule has 0 aliphatic heterocycles. The minimum Gasteiger partial charge on any atom is -0.261 e. The molecule has 0 aliphatic rings. The molecule has 1 heteroatoms. The largest absolute Gasteiger partial charge is 0.261 e. The van der Waals surface area contributed by atoms with Gasteiger partial charge in [-0.1, -0.05) is 32.0 Å². The summed E-state index contributed by atoms with van der Waals surface area (Å²) in [7, 11) is 0. The van der Waals surface area contributed by atoms with Crippen LogP contribution in [0.1, 0.15) is 20.3 Å². The Morgan fingerprint density at radius 3 is 2.46 bits per heavy atom. The first-order valence-electron chi connectivity index (χ1n) is 4.44. The second-order valence-corrected chi connectivity index (χ2v) is 3.79. The fraction of sp³-hybridized carbons (Fsp3) is 0.333. The van der Waals surface area contributed by atoms with Crippen LogP contribution in [-0.2, 0) is 0 Å². The fourth-order valence-electron chi connectivity index (χ4n) is 0.816. The molecule has 0 bridgehead atoms. The maximum Gasteiger partial charge on any atom is 0.0625 e. The van der Waals surface area contributed by atoms with Crippen LogP contribution < -0.4 is 0 Å². The highest BCUT2D eigenvalue weighted by molar-refractivity contribution is 5.68. The van der Waals surface area contributed by atoms with Crippen molar-refractivity contribution in [3.8, 4) is 0 Å². The zero-order valence-electron chi connectivity index (χ0n) is 8.20. The van der Waals surface area contributed by atoms with Crippen molar-refractivity contribution in [3.63, 3.8) is 0 Å². The SMILES string of the molecule is [CH]CC(C)(C)C=Nc1ccccc1. The standard InChI is InChI=1S/C12H15N/c1-4-12(2,3)10-13-11-8-6-5-7-9-11/h1,5-10H,4H2,2-3H3. The number of nitrogens with zero attached hydrogens (tertiary/aromatic N) is 1. The first kappa shape index (κ1) is 9.97. The Balaban J connectivity index is 2.69. The number of para-hydroxylation sites is 1. The van der Waals surface area contributed by atoms with E-state index >= 15 is 0 Å². The van der Waals surface area contributed by atoms with Crippen molar-refractivity contribution in [2.75, 3.05) is 0 Å². The molecule has 1 aromatic carbocycles. The van der Waals surface area contributed by atoms with Gasteiger partial charge in [0.05, 0.1) is 5.69 Å². The number of hydrogen-bond donors (Lipinski definition) is 0. The van der Waals surface area contributed by atoms with E-state index in [9.17, 15) is 0 Å². The molecule has 0 spiro atoms. The molecule has 0 aromatic heterocycles. The molecule has 0 aliphatic carbocycles. The van der Waals surface area contributed by atoms with Gasteiger partial charge in [0, 0.05) is 11.6 Å².